The highest BCUT2D eigenvalue weighted by molar-refractivity contribution is 5.94. The van der Waals surface area contributed by atoms with Crippen LogP contribution >= 0.6 is 0 Å². The lowest BCUT2D eigenvalue weighted by Crippen LogP contribution is -2.39. The van der Waals surface area contributed by atoms with Gasteiger partial charge in [0.15, 0.2) is 0 Å². The molecular weight excluding hydrogens is 325 g/mol. The van der Waals surface area contributed by atoms with Crippen LogP contribution in [0.2, 0.25) is 0 Å². The average molecular weight is 345 g/mol. The van der Waals surface area contributed by atoms with Gasteiger partial charge in [0.05, 0.1) is 23.5 Å². The van der Waals surface area contributed by atoms with Gasteiger partial charge >= 0.3 is 5.97 Å². The van der Waals surface area contributed by atoms with Crippen molar-refractivity contribution < 1.29 is 19.1 Å². The lowest BCUT2D eigenvalue weighted by Gasteiger charge is -2.32. The zero-order valence-electron chi connectivity index (χ0n) is 14.2. The van der Waals surface area contributed by atoms with Gasteiger partial charge in [-0.2, -0.15) is 5.10 Å². The second-order valence-electron chi connectivity index (χ2n) is 6.40. The molecule has 0 saturated carbocycles. The van der Waals surface area contributed by atoms with Crippen LogP contribution < -0.4 is 0 Å². The summed E-state index contributed by atoms with van der Waals surface area (Å²) in [4.78, 5) is 25.3. The molecule has 132 valence electrons. The van der Waals surface area contributed by atoms with E-state index in [2.05, 4.69) is 5.10 Å². The standard InChI is InChI=1S/C18H20FN3O3/c1-11-3-4-16(19)14(9-11)17(23)21-7-5-13(6-8-21)22-12(2)15(10-20-22)18(24)25/h3-4,9-10,13H,5-8H2,1-2H3,(H,24,25). The maximum Gasteiger partial charge on any atom is 0.339 e. The third kappa shape index (κ3) is 3.26. The SMILES string of the molecule is Cc1ccc(F)c(C(=O)N2CCC(n3ncc(C(=O)O)c3C)CC2)c1. The Labute approximate surface area is 144 Å². The van der Waals surface area contributed by atoms with Gasteiger partial charge < -0.3 is 10.0 Å². The number of carboxylic acids is 1. The molecule has 0 atom stereocenters. The Morgan fingerprint density at radius 2 is 1.88 bits per heavy atom. The number of aryl methyl sites for hydroxylation is 1. The normalized spacial score (nSPS) is 15.4. The highest BCUT2D eigenvalue weighted by atomic mass is 19.1. The summed E-state index contributed by atoms with van der Waals surface area (Å²) in [6.07, 6.45) is 2.67. The number of halogens is 1. The van der Waals surface area contributed by atoms with Crippen LogP contribution in [0, 0.1) is 19.7 Å². The first-order valence-electron chi connectivity index (χ1n) is 8.21. The number of aromatic nitrogens is 2. The van der Waals surface area contributed by atoms with Crippen molar-refractivity contribution in [3.05, 3.63) is 52.6 Å². The molecule has 2 heterocycles. The quantitative estimate of drug-likeness (QED) is 0.928. The Kier molecular flexibility index (Phi) is 4.57. The Hall–Kier alpha value is -2.70. The smallest absolute Gasteiger partial charge is 0.339 e. The third-order valence-electron chi connectivity index (χ3n) is 4.72. The molecule has 1 aromatic heterocycles. The molecule has 6 nitrogen and oxygen atoms in total. The molecule has 1 amide bonds. The summed E-state index contributed by atoms with van der Waals surface area (Å²) in [7, 11) is 0. The zero-order valence-corrected chi connectivity index (χ0v) is 14.2. The van der Waals surface area contributed by atoms with Crippen molar-refractivity contribution in [3.63, 3.8) is 0 Å². The van der Waals surface area contributed by atoms with Gasteiger partial charge in [0.2, 0.25) is 0 Å². The Morgan fingerprint density at radius 1 is 1.20 bits per heavy atom. The van der Waals surface area contributed by atoms with Crippen LogP contribution in [0.3, 0.4) is 0 Å². The van der Waals surface area contributed by atoms with Gasteiger partial charge in [-0.25, -0.2) is 9.18 Å². The molecular formula is C18H20FN3O3. The Morgan fingerprint density at radius 3 is 2.48 bits per heavy atom. The van der Waals surface area contributed by atoms with Crippen molar-refractivity contribution in [1.29, 1.82) is 0 Å². The predicted molar refractivity (Wildman–Crippen MR) is 89.2 cm³/mol. The second-order valence-corrected chi connectivity index (χ2v) is 6.40. The number of rotatable bonds is 3. The highest BCUT2D eigenvalue weighted by Crippen LogP contribution is 2.26. The number of carboxylic acid groups (broad SMARTS) is 1. The number of nitrogens with zero attached hydrogens (tertiary/aromatic N) is 3. The molecule has 3 rings (SSSR count). The topological polar surface area (TPSA) is 75.4 Å². The van der Waals surface area contributed by atoms with Crippen molar-refractivity contribution in [2.45, 2.75) is 32.7 Å². The van der Waals surface area contributed by atoms with Crippen molar-refractivity contribution in [2.24, 2.45) is 0 Å². The fourth-order valence-electron chi connectivity index (χ4n) is 3.29. The van der Waals surface area contributed by atoms with Crippen LogP contribution in [-0.4, -0.2) is 44.8 Å². The molecule has 0 bridgehead atoms. The lowest BCUT2D eigenvalue weighted by atomic mass is 10.0. The number of carbonyl (C=O) groups excluding carboxylic acids is 1. The zero-order chi connectivity index (χ0) is 18.1. The number of hydrogen-bond donors (Lipinski definition) is 1. The summed E-state index contributed by atoms with van der Waals surface area (Å²) < 4.78 is 15.7. The van der Waals surface area contributed by atoms with Crippen molar-refractivity contribution in [1.82, 2.24) is 14.7 Å². The molecule has 2 aromatic rings. The summed E-state index contributed by atoms with van der Waals surface area (Å²) in [6.45, 7) is 4.52. The van der Waals surface area contributed by atoms with Crippen LogP contribution in [-0.2, 0) is 0 Å². The first-order chi connectivity index (χ1) is 11.9. The number of aromatic carboxylic acids is 1. The van der Waals surface area contributed by atoms with E-state index in [1.54, 1.807) is 28.6 Å². The summed E-state index contributed by atoms with van der Waals surface area (Å²) >= 11 is 0. The number of carbonyl (C=O) groups is 2. The van der Waals surface area contributed by atoms with Crippen LogP contribution in [0.4, 0.5) is 4.39 Å². The van der Waals surface area contributed by atoms with Crippen molar-refractivity contribution in [3.8, 4) is 0 Å². The van der Waals surface area contributed by atoms with Crippen LogP contribution in [0.1, 0.15) is 50.9 Å². The molecule has 0 unspecified atom stereocenters. The maximum absolute atomic E-state index is 13.9. The van der Waals surface area contributed by atoms with E-state index in [4.69, 9.17) is 5.11 Å². The lowest BCUT2D eigenvalue weighted by molar-refractivity contribution is 0.0683. The van der Waals surface area contributed by atoms with E-state index < -0.39 is 11.8 Å². The van der Waals surface area contributed by atoms with E-state index in [-0.39, 0.29) is 23.1 Å². The van der Waals surface area contributed by atoms with Gasteiger partial charge in [0, 0.05) is 13.1 Å². The van der Waals surface area contributed by atoms with Gasteiger partial charge in [0.1, 0.15) is 11.4 Å². The van der Waals surface area contributed by atoms with Crippen LogP contribution in [0.5, 0.6) is 0 Å². The van der Waals surface area contributed by atoms with Crippen molar-refractivity contribution >= 4 is 11.9 Å². The Balaban J connectivity index is 1.71. The second kappa shape index (κ2) is 6.66. The molecule has 1 aliphatic heterocycles. The number of hydrogen-bond acceptors (Lipinski definition) is 3. The minimum absolute atomic E-state index is 0.0412. The Bertz CT molecular complexity index is 823. The van der Waals surface area contributed by atoms with Gasteiger partial charge in [-0.3, -0.25) is 9.48 Å². The highest BCUT2D eigenvalue weighted by Gasteiger charge is 2.28. The monoisotopic (exact) mass is 345 g/mol. The average Bonchev–Trinajstić information content (AvgIpc) is 2.98. The van der Waals surface area contributed by atoms with E-state index in [0.29, 0.717) is 31.6 Å². The molecule has 7 heteroatoms. The molecule has 0 radical (unpaired) electrons. The molecule has 25 heavy (non-hydrogen) atoms. The number of likely N-dealkylation sites (tertiary alicyclic amines) is 1. The van der Waals surface area contributed by atoms with Gasteiger partial charge in [-0.05, 0) is 38.8 Å². The van der Waals surface area contributed by atoms with Gasteiger partial charge in [-0.15, -0.1) is 0 Å². The summed E-state index contributed by atoms with van der Waals surface area (Å²) in [5, 5.41) is 13.3. The van der Waals surface area contributed by atoms with Gasteiger partial charge in [0.25, 0.3) is 5.91 Å². The molecule has 0 spiro atoms. The minimum Gasteiger partial charge on any atom is -0.478 e. The van der Waals surface area contributed by atoms with Crippen LogP contribution in [0.25, 0.3) is 0 Å². The molecule has 1 aliphatic rings. The summed E-state index contributed by atoms with van der Waals surface area (Å²) in [6, 6.07) is 4.56. The fraction of sp³-hybridized carbons (Fsp3) is 0.389. The molecule has 1 N–H and O–H groups in total. The maximum atomic E-state index is 13.9. The first kappa shape index (κ1) is 17.1. The largest absolute Gasteiger partial charge is 0.478 e. The minimum atomic E-state index is -0.994. The van der Waals surface area contributed by atoms with Crippen LogP contribution in [0.15, 0.2) is 24.4 Å². The molecule has 1 aromatic carbocycles. The number of amides is 1. The van der Waals surface area contributed by atoms with E-state index in [1.165, 1.54) is 12.3 Å². The number of benzene rings is 1. The summed E-state index contributed by atoms with van der Waals surface area (Å²) in [5.74, 6) is -1.80. The van der Waals surface area contributed by atoms with Crippen molar-refractivity contribution in [2.75, 3.05) is 13.1 Å². The summed E-state index contributed by atoms with van der Waals surface area (Å²) in [5.41, 5.74) is 1.75. The van der Waals surface area contributed by atoms with E-state index in [0.717, 1.165) is 5.56 Å². The molecule has 1 saturated heterocycles. The van der Waals surface area contributed by atoms with Gasteiger partial charge in [-0.1, -0.05) is 11.6 Å². The molecule has 1 fully saturated rings. The fourth-order valence-corrected chi connectivity index (χ4v) is 3.29. The third-order valence-corrected chi connectivity index (χ3v) is 4.72. The van der Waals surface area contributed by atoms with E-state index >= 15 is 0 Å². The predicted octanol–water partition coefficient (Wildman–Crippen LogP) is 2.81. The first-order valence-corrected chi connectivity index (χ1v) is 8.21. The van der Waals surface area contributed by atoms with E-state index in [9.17, 15) is 14.0 Å². The number of piperidine rings is 1. The molecule has 0 aliphatic carbocycles. The van der Waals surface area contributed by atoms with E-state index in [1.807, 2.05) is 6.92 Å².